The number of aromatic nitrogens is 3. The molecule has 0 amide bonds. The van der Waals surface area contributed by atoms with Gasteiger partial charge in [0.15, 0.2) is 5.16 Å². The highest BCUT2D eigenvalue weighted by Gasteiger charge is 2.17. The number of hydrogen-bond donors (Lipinski definition) is 1. The Bertz CT molecular complexity index is 658. The summed E-state index contributed by atoms with van der Waals surface area (Å²) in [6.07, 6.45) is 1.49. The van der Waals surface area contributed by atoms with E-state index in [4.69, 9.17) is 5.11 Å². The van der Waals surface area contributed by atoms with Crippen molar-refractivity contribution in [3.63, 3.8) is 0 Å². The summed E-state index contributed by atoms with van der Waals surface area (Å²) in [5.41, 5.74) is 1.17. The van der Waals surface area contributed by atoms with Crippen molar-refractivity contribution in [3.05, 3.63) is 35.4 Å². The molecule has 1 heterocycles. The summed E-state index contributed by atoms with van der Waals surface area (Å²) in [7, 11) is 0. The summed E-state index contributed by atoms with van der Waals surface area (Å²) in [4.78, 5) is 10.7. The molecule has 0 bridgehead atoms. The van der Waals surface area contributed by atoms with Crippen LogP contribution in [0.4, 0.5) is 4.39 Å². The number of carboxylic acids is 1. The molecule has 0 atom stereocenters. The SMILES string of the molecule is CCCc1nnc(SCC(=O)O)n1-c1ccc(C)cc1F. The summed E-state index contributed by atoms with van der Waals surface area (Å²) < 4.78 is 15.8. The second kappa shape index (κ2) is 6.71. The molecule has 0 aliphatic rings. The Morgan fingerprint density at radius 2 is 2.19 bits per heavy atom. The van der Waals surface area contributed by atoms with Crippen LogP contribution in [0, 0.1) is 12.7 Å². The molecule has 1 aromatic carbocycles. The second-order valence-electron chi connectivity index (χ2n) is 4.62. The van der Waals surface area contributed by atoms with Crippen LogP contribution in [0.5, 0.6) is 0 Å². The highest BCUT2D eigenvalue weighted by atomic mass is 32.2. The number of hydrogen-bond acceptors (Lipinski definition) is 4. The van der Waals surface area contributed by atoms with Gasteiger partial charge in [-0.25, -0.2) is 4.39 Å². The minimum absolute atomic E-state index is 0.141. The Balaban J connectivity index is 2.47. The van der Waals surface area contributed by atoms with Crippen LogP contribution in [0.3, 0.4) is 0 Å². The van der Waals surface area contributed by atoms with Crippen molar-refractivity contribution in [1.29, 1.82) is 0 Å². The lowest BCUT2D eigenvalue weighted by atomic mass is 10.2. The normalized spacial score (nSPS) is 10.8. The topological polar surface area (TPSA) is 68.0 Å². The molecule has 0 unspecified atom stereocenters. The quantitative estimate of drug-likeness (QED) is 0.831. The van der Waals surface area contributed by atoms with Gasteiger partial charge in [0.05, 0.1) is 11.4 Å². The third-order valence-electron chi connectivity index (χ3n) is 2.84. The van der Waals surface area contributed by atoms with E-state index in [1.807, 2.05) is 13.8 Å². The zero-order chi connectivity index (χ0) is 15.4. The van der Waals surface area contributed by atoms with Gasteiger partial charge in [0.1, 0.15) is 11.6 Å². The fourth-order valence-corrected chi connectivity index (χ4v) is 2.62. The summed E-state index contributed by atoms with van der Waals surface area (Å²) >= 11 is 1.03. The molecule has 0 spiro atoms. The Kier molecular flexibility index (Phi) is 4.95. The van der Waals surface area contributed by atoms with Crippen molar-refractivity contribution in [2.75, 3.05) is 5.75 Å². The minimum Gasteiger partial charge on any atom is -0.481 e. The molecule has 0 aliphatic carbocycles. The molecule has 0 aliphatic heterocycles. The molecule has 112 valence electrons. The van der Waals surface area contributed by atoms with Gasteiger partial charge in [0, 0.05) is 6.42 Å². The van der Waals surface area contributed by atoms with Crippen LogP contribution < -0.4 is 0 Å². The maximum Gasteiger partial charge on any atom is 0.313 e. The largest absolute Gasteiger partial charge is 0.481 e. The molecule has 2 aromatic rings. The predicted molar refractivity (Wildman–Crippen MR) is 78.4 cm³/mol. The van der Waals surface area contributed by atoms with E-state index < -0.39 is 5.97 Å². The zero-order valence-corrected chi connectivity index (χ0v) is 12.7. The number of halogens is 1. The molecule has 2 rings (SSSR count). The number of carbonyl (C=O) groups is 1. The van der Waals surface area contributed by atoms with E-state index in [9.17, 15) is 9.18 Å². The molecule has 0 saturated carbocycles. The summed E-state index contributed by atoms with van der Waals surface area (Å²) in [5, 5.41) is 17.2. The average molecular weight is 309 g/mol. The van der Waals surface area contributed by atoms with E-state index >= 15 is 0 Å². The fraction of sp³-hybridized carbons (Fsp3) is 0.357. The lowest BCUT2D eigenvalue weighted by Gasteiger charge is -2.11. The van der Waals surface area contributed by atoms with Crippen molar-refractivity contribution < 1.29 is 14.3 Å². The van der Waals surface area contributed by atoms with Gasteiger partial charge in [-0.1, -0.05) is 24.8 Å². The maximum absolute atomic E-state index is 14.2. The van der Waals surface area contributed by atoms with Crippen LogP contribution in [-0.2, 0) is 11.2 Å². The van der Waals surface area contributed by atoms with Gasteiger partial charge in [-0.2, -0.15) is 0 Å². The van der Waals surface area contributed by atoms with Gasteiger partial charge in [0.2, 0.25) is 0 Å². The van der Waals surface area contributed by atoms with Crippen molar-refractivity contribution in [2.45, 2.75) is 31.8 Å². The molecule has 21 heavy (non-hydrogen) atoms. The van der Waals surface area contributed by atoms with Gasteiger partial charge < -0.3 is 5.11 Å². The van der Waals surface area contributed by atoms with Crippen molar-refractivity contribution in [1.82, 2.24) is 14.8 Å². The molecule has 1 aromatic heterocycles. The molecule has 0 saturated heterocycles. The predicted octanol–water partition coefficient (Wildman–Crippen LogP) is 2.84. The molecule has 0 radical (unpaired) electrons. The van der Waals surface area contributed by atoms with E-state index in [0.717, 1.165) is 23.7 Å². The second-order valence-corrected chi connectivity index (χ2v) is 5.56. The maximum atomic E-state index is 14.2. The van der Waals surface area contributed by atoms with Gasteiger partial charge in [0.25, 0.3) is 0 Å². The number of benzene rings is 1. The van der Waals surface area contributed by atoms with Crippen molar-refractivity contribution in [2.24, 2.45) is 0 Å². The average Bonchev–Trinajstić information content (AvgIpc) is 2.80. The number of nitrogens with zero attached hydrogens (tertiary/aromatic N) is 3. The standard InChI is InChI=1S/C14H16FN3O2S/c1-3-4-12-16-17-14(21-8-13(19)20)18(12)11-6-5-9(2)7-10(11)15/h5-7H,3-4,8H2,1-2H3,(H,19,20). The van der Waals surface area contributed by atoms with Gasteiger partial charge in [-0.3, -0.25) is 9.36 Å². The van der Waals surface area contributed by atoms with Crippen molar-refractivity contribution >= 4 is 17.7 Å². The Morgan fingerprint density at radius 1 is 1.43 bits per heavy atom. The Labute approximate surface area is 126 Å². The third-order valence-corrected chi connectivity index (χ3v) is 3.76. The third kappa shape index (κ3) is 3.60. The number of aliphatic carboxylic acids is 1. The van der Waals surface area contributed by atoms with E-state index in [0.29, 0.717) is 23.1 Å². The van der Waals surface area contributed by atoms with Gasteiger partial charge in [-0.05, 0) is 31.0 Å². The lowest BCUT2D eigenvalue weighted by Crippen LogP contribution is -2.07. The molecule has 0 fully saturated rings. The van der Waals surface area contributed by atoms with Crippen LogP contribution in [-0.4, -0.2) is 31.6 Å². The van der Waals surface area contributed by atoms with Crippen molar-refractivity contribution in [3.8, 4) is 5.69 Å². The summed E-state index contributed by atoms with van der Waals surface area (Å²) in [5.74, 6) is -0.828. The van der Waals surface area contributed by atoms with Crippen LogP contribution in [0.2, 0.25) is 0 Å². The zero-order valence-electron chi connectivity index (χ0n) is 11.8. The lowest BCUT2D eigenvalue weighted by molar-refractivity contribution is -0.133. The first-order valence-electron chi connectivity index (χ1n) is 6.58. The van der Waals surface area contributed by atoms with E-state index in [1.165, 1.54) is 6.07 Å². The molecule has 5 nitrogen and oxygen atoms in total. The summed E-state index contributed by atoms with van der Waals surface area (Å²) in [6, 6.07) is 4.91. The van der Waals surface area contributed by atoms with E-state index in [1.54, 1.807) is 16.7 Å². The molecular formula is C14H16FN3O2S. The van der Waals surface area contributed by atoms with Crippen LogP contribution in [0.25, 0.3) is 5.69 Å². The monoisotopic (exact) mass is 309 g/mol. The van der Waals surface area contributed by atoms with E-state index in [2.05, 4.69) is 10.2 Å². The Hall–Kier alpha value is -1.89. The van der Waals surface area contributed by atoms with Crippen LogP contribution in [0.1, 0.15) is 24.7 Å². The first kappa shape index (κ1) is 15.5. The highest BCUT2D eigenvalue weighted by molar-refractivity contribution is 7.99. The van der Waals surface area contributed by atoms with Crippen LogP contribution in [0.15, 0.2) is 23.4 Å². The minimum atomic E-state index is -0.948. The Morgan fingerprint density at radius 3 is 2.81 bits per heavy atom. The summed E-state index contributed by atoms with van der Waals surface area (Å²) in [6.45, 7) is 3.81. The number of aryl methyl sites for hydroxylation is 2. The first-order valence-corrected chi connectivity index (χ1v) is 7.57. The highest BCUT2D eigenvalue weighted by Crippen LogP contribution is 2.25. The fourth-order valence-electron chi connectivity index (χ4n) is 1.94. The van der Waals surface area contributed by atoms with E-state index in [-0.39, 0.29) is 11.6 Å². The van der Waals surface area contributed by atoms with Gasteiger partial charge >= 0.3 is 5.97 Å². The smallest absolute Gasteiger partial charge is 0.313 e. The first-order chi connectivity index (χ1) is 10.0. The number of carboxylic acid groups (broad SMARTS) is 1. The molecule has 7 heteroatoms. The van der Waals surface area contributed by atoms with Gasteiger partial charge in [-0.15, -0.1) is 10.2 Å². The number of thioether (sulfide) groups is 1. The molecular weight excluding hydrogens is 293 g/mol. The number of rotatable bonds is 6. The molecule has 1 N–H and O–H groups in total. The van der Waals surface area contributed by atoms with Crippen LogP contribution >= 0.6 is 11.8 Å².